The maximum absolute atomic E-state index is 12.6. The standard InChI is InChI=1S/C20H17NO4/c1-13(19(22)24-2)25-20(23)16-12-18(14-8-4-3-5-9-14)21-17-11-7-6-10-15(16)17/h3-13H,1-2H3/t13-/m0/s1. The number of aromatic nitrogens is 1. The minimum absolute atomic E-state index is 0.361. The molecule has 2 aromatic carbocycles. The summed E-state index contributed by atoms with van der Waals surface area (Å²) >= 11 is 0. The second kappa shape index (κ2) is 7.13. The van der Waals surface area contributed by atoms with E-state index in [0.29, 0.717) is 22.2 Å². The molecule has 0 fully saturated rings. The van der Waals surface area contributed by atoms with Crippen LogP contribution in [0.2, 0.25) is 0 Å². The van der Waals surface area contributed by atoms with E-state index in [9.17, 15) is 9.59 Å². The van der Waals surface area contributed by atoms with Crippen LogP contribution in [0.1, 0.15) is 17.3 Å². The van der Waals surface area contributed by atoms with Crippen molar-refractivity contribution in [2.24, 2.45) is 0 Å². The van der Waals surface area contributed by atoms with Gasteiger partial charge in [0.05, 0.1) is 23.9 Å². The molecule has 0 amide bonds. The number of carbonyl (C=O) groups is 2. The molecule has 0 unspecified atom stereocenters. The maximum atomic E-state index is 12.6. The van der Waals surface area contributed by atoms with E-state index in [1.54, 1.807) is 12.1 Å². The van der Waals surface area contributed by atoms with Gasteiger partial charge in [-0.3, -0.25) is 0 Å². The van der Waals surface area contributed by atoms with Crippen LogP contribution < -0.4 is 0 Å². The van der Waals surface area contributed by atoms with Gasteiger partial charge in [0.2, 0.25) is 0 Å². The van der Waals surface area contributed by atoms with Crippen molar-refractivity contribution in [1.29, 1.82) is 0 Å². The van der Waals surface area contributed by atoms with E-state index in [4.69, 9.17) is 4.74 Å². The van der Waals surface area contributed by atoms with Gasteiger partial charge in [-0.1, -0.05) is 48.5 Å². The Labute approximate surface area is 145 Å². The van der Waals surface area contributed by atoms with E-state index in [1.165, 1.54) is 14.0 Å². The number of hydrogen-bond acceptors (Lipinski definition) is 5. The number of ether oxygens (including phenoxy) is 2. The number of fused-ring (bicyclic) bond motifs is 1. The molecule has 1 aromatic heterocycles. The van der Waals surface area contributed by atoms with Crippen molar-refractivity contribution in [2.75, 3.05) is 7.11 Å². The van der Waals surface area contributed by atoms with Crippen LogP contribution >= 0.6 is 0 Å². The normalized spacial score (nSPS) is 11.8. The molecule has 0 saturated heterocycles. The first-order valence-corrected chi connectivity index (χ1v) is 7.84. The van der Waals surface area contributed by atoms with Gasteiger partial charge in [-0.2, -0.15) is 0 Å². The zero-order valence-corrected chi connectivity index (χ0v) is 13.9. The Balaban J connectivity index is 2.07. The number of carbonyl (C=O) groups excluding carboxylic acids is 2. The molecule has 0 saturated carbocycles. The highest BCUT2D eigenvalue weighted by molar-refractivity contribution is 6.05. The number of rotatable bonds is 4. The largest absolute Gasteiger partial charge is 0.466 e. The van der Waals surface area contributed by atoms with Gasteiger partial charge in [0.15, 0.2) is 6.10 Å². The fourth-order valence-electron chi connectivity index (χ4n) is 2.54. The Morgan fingerprint density at radius 3 is 2.40 bits per heavy atom. The highest BCUT2D eigenvalue weighted by atomic mass is 16.6. The van der Waals surface area contributed by atoms with Crippen molar-refractivity contribution in [3.8, 4) is 11.3 Å². The molecule has 0 N–H and O–H groups in total. The third-order valence-electron chi connectivity index (χ3n) is 3.82. The minimum Gasteiger partial charge on any atom is -0.466 e. The molecule has 0 aliphatic heterocycles. The van der Waals surface area contributed by atoms with E-state index >= 15 is 0 Å². The molecule has 3 aromatic rings. The summed E-state index contributed by atoms with van der Waals surface area (Å²) in [4.78, 5) is 28.8. The lowest BCUT2D eigenvalue weighted by Gasteiger charge is -2.13. The number of esters is 2. The molecule has 126 valence electrons. The molecule has 25 heavy (non-hydrogen) atoms. The topological polar surface area (TPSA) is 65.5 Å². The SMILES string of the molecule is COC(=O)[C@H](C)OC(=O)c1cc(-c2ccccc2)nc2ccccc12. The highest BCUT2D eigenvalue weighted by Gasteiger charge is 2.21. The summed E-state index contributed by atoms with van der Waals surface area (Å²) in [5.41, 5.74) is 2.60. The van der Waals surface area contributed by atoms with Crippen LogP contribution in [0.5, 0.6) is 0 Å². The van der Waals surface area contributed by atoms with E-state index in [-0.39, 0.29) is 0 Å². The van der Waals surface area contributed by atoms with Crippen LogP contribution in [0.4, 0.5) is 0 Å². The Hall–Kier alpha value is -3.21. The van der Waals surface area contributed by atoms with Crippen LogP contribution in [-0.4, -0.2) is 30.1 Å². The molecule has 0 aliphatic carbocycles. The van der Waals surface area contributed by atoms with Crippen LogP contribution in [0.25, 0.3) is 22.2 Å². The zero-order chi connectivity index (χ0) is 17.8. The van der Waals surface area contributed by atoms with Crippen LogP contribution in [0, 0.1) is 0 Å². The van der Waals surface area contributed by atoms with Crippen LogP contribution in [0.3, 0.4) is 0 Å². The summed E-state index contributed by atoms with van der Waals surface area (Å²) in [6.45, 7) is 1.48. The van der Waals surface area contributed by atoms with Crippen molar-refractivity contribution in [3.05, 3.63) is 66.2 Å². The molecule has 1 heterocycles. The minimum atomic E-state index is -0.982. The number of benzene rings is 2. The second-order valence-corrected chi connectivity index (χ2v) is 5.51. The Kier molecular flexibility index (Phi) is 4.75. The zero-order valence-electron chi connectivity index (χ0n) is 13.9. The molecule has 5 heteroatoms. The maximum Gasteiger partial charge on any atom is 0.346 e. The van der Waals surface area contributed by atoms with Crippen LogP contribution in [-0.2, 0) is 14.3 Å². The van der Waals surface area contributed by atoms with Gasteiger partial charge in [-0.15, -0.1) is 0 Å². The number of para-hydroxylation sites is 1. The van der Waals surface area contributed by atoms with Crippen molar-refractivity contribution in [1.82, 2.24) is 4.98 Å². The van der Waals surface area contributed by atoms with Gasteiger partial charge in [-0.25, -0.2) is 14.6 Å². The molecule has 1 atom stereocenters. The van der Waals surface area contributed by atoms with Gasteiger partial charge in [0, 0.05) is 10.9 Å². The van der Waals surface area contributed by atoms with E-state index in [1.807, 2.05) is 48.5 Å². The van der Waals surface area contributed by atoms with Gasteiger partial charge in [0.25, 0.3) is 0 Å². The van der Waals surface area contributed by atoms with Crippen molar-refractivity contribution in [3.63, 3.8) is 0 Å². The van der Waals surface area contributed by atoms with Gasteiger partial charge in [0.1, 0.15) is 0 Å². The third kappa shape index (κ3) is 3.50. The first-order valence-electron chi connectivity index (χ1n) is 7.84. The van der Waals surface area contributed by atoms with E-state index in [0.717, 1.165) is 5.56 Å². The predicted molar refractivity (Wildman–Crippen MR) is 94.1 cm³/mol. The first kappa shape index (κ1) is 16.6. The molecular weight excluding hydrogens is 318 g/mol. The molecule has 0 bridgehead atoms. The quantitative estimate of drug-likeness (QED) is 0.681. The number of hydrogen-bond donors (Lipinski definition) is 0. The highest BCUT2D eigenvalue weighted by Crippen LogP contribution is 2.25. The summed E-state index contributed by atoms with van der Waals surface area (Å²) in [6.07, 6.45) is -0.982. The average Bonchev–Trinajstić information content (AvgIpc) is 2.66. The molecule has 5 nitrogen and oxygen atoms in total. The number of pyridine rings is 1. The monoisotopic (exact) mass is 335 g/mol. The second-order valence-electron chi connectivity index (χ2n) is 5.51. The van der Waals surface area contributed by atoms with E-state index < -0.39 is 18.0 Å². The smallest absolute Gasteiger partial charge is 0.346 e. The van der Waals surface area contributed by atoms with Gasteiger partial charge < -0.3 is 9.47 Å². The lowest BCUT2D eigenvalue weighted by Crippen LogP contribution is -2.25. The summed E-state index contributed by atoms with van der Waals surface area (Å²) in [6, 6.07) is 18.6. The van der Waals surface area contributed by atoms with Crippen LogP contribution in [0.15, 0.2) is 60.7 Å². The van der Waals surface area contributed by atoms with Crippen molar-refractivity contribution in [2.45, 2.75) is 13.0 Å². The van der Waals surface area contributed by atoms with Gasteiger partial charge in [-0.05, 0) is 19.1 Å². The van der Waals surface area contributed by atoms with Crippen molar-refractivity contribution >= 4 is 22.8 Å². The summed E-state index contributed by atoms with van der Waals surface area (Å²) in [7, 11) is 1.25. The average molecular weight is 335 g/mol. The Morgan fingerprint density at radius 2 is 1.68 bits per heavy atom. The summed E-state index contributed by atoms with van der Waals surface area (Å²) in [5.74, 6) is -1.19. The fourth-order valence-corrected chi connectivity index (χ4v) is 2.54. The number of methoxy groups -OCH3 is 1. The van der Waals surface area contributed by atoms with E-state index in [2.05, 4.69) is 9.72 Å². The molecule has 0 aliphatic rings. The van der Waals surface area contributed by atoms with Crippen molar-refractivity contribution < 1.29 is 19.1 Å². The molecule has 3 rings (SSSR count). The van der Waals surface area contributed by atoms with Gasteiger partial charge >= 0.3 is 11.9 Å². The fraction of sp³-hybridized carbons (Fsp3) is 0.150. The number of nitrogens with zero attached hydrogens (tertiary/aromatic N) is 1. The predicted octanol–water partition coefficient (Wildman–Crippen LogP) is 3.62. The molecular formula is C20H17NO4. The third-order valence-corrected chi connectivity index (χ3v) is 3.82. The summed E-state index contributed by atoms with van der Waals surface area (Å²) in [5, 5.41) is 0.671. The lowest BCUT2D eigenvalue weighted by atomic mass is 10.0. The Bertz CT molecular complexity index is 921. The first-order chi connectivity index (χ1) is 12.1. The molecule has 0 spiro atoms. The Morgan fingerprint density at radius 1 is 1.00 bits per heavy atom. The molecule has 0 radical (unpaired) electrons. The summed E-state index contributed by atoms with van der Waals surface area (Å²) < 4.78 is 9.85. The lowest BCUT2D eigenvalue weighted by molar-refractivity contribution is -0.149.